The molecule has 2 aromatic rings. The highest BCUT2D eigenvalue weighted by Gasteiger charge is 2.25. The van der Waals surface area contributed by atoms with Crippen molar-refractivity contribution in [3.63, 3.8) is 0 Å². The number of hydrogen-bond acceptors (Lipinski definition) is 7. The molecule has 0 aliphatic heterocycles. The number of benzene rings is 2. The van der Waals surface area contributed by atoms with E-state index in [-0.39, 0.29) is 35.9 Å². The van der Waals surface area contributed by atoms with E-state index in [0.717, 1.165) is 18.1 Å². The van der Waals surface area contributed by atoms with Crippen LogP contribution in [0.25, 0.3) is 0 Å². The lowest BCUT2D eigenvalue weighted by Crippen LogP contribution is -2.30. The first-order valence-corrected chi connectivity index (χ1v) is 11.5. The number of anilines is 1. The van der Waals surface area contributed by atoms with E-state index < -0.39 is 14.9 Å². The zero-order chi connectivity index (χ0) is 23.0. The van der Waals surface area contributed by atoms with E-state index in [0.29, 0.717) is 18.1 Å². The molecule has 0 radical (unpaired) electrons. The summed E-state index contributed by atoms with van der Waals surface area (Å²) in [6.07, 6.45) is 0.871. The van der Waals surface area contributed by atoms with Crippen LogP contribution in [-0.2, 0) is 16.6 Å². The van der Waals surface area contributed by atoms with Crippen LogP contribution in [0.2, 0.25) is 0 Å². The van der Waals surface area contributed by atoms with Gasteiger partial charge in [0.15, 0.2) is 11.5 Å². The number of nitrogens with zero attached hydrogens (tertiary/aromatic N) is 2. The summed E-state index contributed by atoms with van der Waals surface area (Å²) >= 11 is 0. The lowest BCUT2D eigenvalue weighted by Gasteiger charge is -2.18. The van der Waals surface area contributed by atoms with E-state index in [9.17, 15) is 18.5 Å². The van der Waals surface area contributed by atoms with Crippen molar-refractivity contribution in [1.82, 2.24) is 4.31 Å². The summed E-state index contributed by atoms with van der Waals surface area (Å²) in [5.41, 5.74) is 0.756. The van der Waals surface area contributed by atoms with Crippen molar-refractivity contribution in [3.8, 4) is 11.5 Å². The van der Waals surface area contributed by atoms with E-state index in [1.807, 2.05) is 13.0 Å². The van der Waals surface area contributed by atoms with Crippen molar-refractivity contribution in [2.75, 3.05) is 32.1 Å². The Morgan fingerprint density at radius 2 is 1.77 bits per heavy atom. The van der Waals surface area contributed by atoms with E-state index in [1.165, 1.54) is 16.4 Å². The molecule has 0 unspecified atom stereocenters. The largest absolute Gasteiger partial charge is 0.493 e. The molecule has 0 fully saturated rings. The molecule has 0 saturated heterocycles. The first kappa shape index (κ1) is 24.4. The third kappa shape index (κ3) is 5.86. The minimum atomic E-state index is -3.79. The van der Waals surface area contributed by atoms with Gasteiger partial charge in [0.05, 0.1) is 23.5 Å². The van der Waals surface area contributed by atoms with Gasteiger partial charge in [0, 0.05) is 25.7 Å². The number of rotatable bonds is 12. The Morgan fingerprint density at radius 3 is 2.35 bits per heavy atom. The highest BCUT2D eigenvalue weighted by atomic mass is 32.2. The van der Waals surface area contributed by atoms with Crippen molar-refractivity contribution in [3.05, 3.63) is 52.1 Å². The molecule has 0 aromatic heterocycles. The number of hydrogen-bond donors (Lipinski definition) is 1. The maximum Gasteiger partial charge on any atom is 0.293 e. The molecular formula is C21H29N3O6S. The fourth-order valence-electron chi connectivity index (χ4n) is 3.04. The van der Waals surface area contributed by atoms with Gasteiger partial charge in [0.2, 0.25) is 10.0 Å². The normalized spacial score (nSPS) is 11.4. The predicted octanol–water partition coefficient (Wildman–Crippen LogP) is 4.03. The highest BCUT2D eigenvalue weighted by molar-refractivity contribution is 7.89. The Balaban J connectivity index is 2.27. The lowest BCUT2D eigenvalue weighted by molar-refractivity contribution is -0.384. The molecule has 0 spiro atoms. The van der Waals surface area contributed by atoms with E-state index in [1.54, 1.807) is 33.1 Å². The summed E-state index contributed by atoms with van der Waals surface area (Å²) in [7, 11) is -2.25. The average Bonchev–Trinajstić information content (AvgIpc) is 2.76. The smallest absolute Gasteiger partial charge is 0.293 e. The predicted molar refractivity (Wildman–Crippen MR) is 119 cm³/mol. The summed E-state index contributed by atoms with van der Waals surface area (Å²) < 4.78 is 37.6. The third-order valence-corrected chi connectivity index (χ3v) is 6.73. The molecular weight excluding hydrogens is 422 g/mol. The number of sulfonamides is 1. The zero-order valence-corrected chi connectivity index (χ0v) is 19.1. The van der Waals surface area contributed by atoms with E-state index >= 15 is 0 Å². The number of methoxy groups -OCH3 is 1. The van der Waals surface area contributed by atoms with Gasteiger partial charge in [-0.2, -0.15) is 4.31 Å². The van der Waals surface area contributed by atoms with Crippen LogP contribution in [-0.4, -0.2) is 44.5 Å². The molecule has 0 aliphatic carbocycles. The van der Waals surface area contributed by atoms with Crippen LogP contribution in [0.4, 0.5) is 11.4 Å². The molecule has 0 saturated carbocycles. The molecule has 0 atom stereocenters. The van der Waals surface area contributed by atoms with Gasteiger partial charge in [0.25, 0.3) is 5.69 Å². The van der Waals surface area contributed by atoms with Crippen LogP contribution in [0.15, 0.2) is 41.3 Å². The van der Waals surface area contributed by atoms with E-state index in [4.69, 9.17) is 9.47 Å². The Labute approximate surface area is 183 Å². The minimum absolute atomic E-state index is 0.104. The average molecular weight is 452 g/mol. The summed E-state index contributed by atoms with van der Waals surface area (Å²) in [5.74, 6) is 1.20. The van der Waals surface area contributed by atoms with Crippen LogP contribution in [0.1, 0.15) is 32.8 Å². The molecule has 10 heteroatoms. The molecule has 9 nitrogen and oxygen atoms in total. The topological polar surface area (TPSA) is 111 Å². The van der Waals surface area contributed by atoms with Crippen LogP contribution in [0.3, 0.4) is 0 Å². The summed E-state index contributed by atoms with van der Waals surface area (Å²) in [5, 5.41) is 14.6. The van der Waals surface area contributed by atoms with Crippen molar-refractivity contribution in [2.45, 2.75) is 38.6 Å². The molecule has 0 heterocycles. The summed E-state index contributed by atoms with van der Waals surface area (Å²) in [6.45, 7) is 6.88. The molecule has 0 bridgehead atoms. The minimum Gasteiger partial charge on any atom is -0.493 e. The number of nitro groups is 1. The van der Waals surface area contributed by atoms with Gasteiger partial charge in [-0.1, -0.05) is 26.8 Å². The SMILES string of the molecule is CCCOc1ccc(CNc2ccc(S(=O)(=O)N(CC)CC)cc2[N+](=O)[O-])cc1OC. The Hall–Kier alpha value is -2.85. The molecule has 2 aromatic carbocycles. The number of nitrogens with one attached hydrogen (secondary N) is 1. The quantitative estimate of drug-likeness (QED) is 0.383. The molecule has 0 aliphatic rings. The van der Waals surface area contributed by atoms with Crippen LogP contribution in [0, 0.1) is 10.1 Å². The first-order chi connectivity index (χ1) is 14.8. The van der Waals surface area contributed by atoms with Crippen LogP contribution >= 0.6 is 0 Å². The monoisotopic (exact) mass is 451 g/mol. The van der Waals surface area contributed by atoms with Gasteiger partial charge in [-0.15, -0.1) is 0 Å². The number of ether oxygens (including phenoxy) is 2. The molecule has 31 heavy (non-hydrogen) atoms. The first-order valence-electron chi connectivity index (χ1n) is 10.1. The zero-order valence-electron chi connectivity index (χ0n) is 18.3. The lowest BCUT2D eigenvalue weighted by atomic mass is 10.2. The van der Waals surface area contributed by atoms with Crippen LogP contribution < -0.4 is 14.8 Å². The van der Waals surface area contributed by atoms with Crippen molar-refractivity contribution < 1.29 is 22.8 Å². The van der Waals surface area contributed by atoms with E-state index in [2.05, 4.69) is 5.32 Å². The molecule has 2 rings (SSSR count). The van der Waals surface area contributed by atoms with Gasteiger partial charge < -0.3 is 14.8 Å². The third-order valence-electron chi connectivity index (χ3n) is 4.68. The van der Waals surface area contributed by atoms with Crippen molar-refractivity contribution in [1.29, 1.82) is 0 Å². The van der Waals surface area contributed by atoms with Gasteiger partial charge in [-0.05, 0) is 36.2 Å². The molecule has 1 N–H and O–H groups in total. The fraction of sp³-hybridized carbons (Fsp3) is 0.429. The second kappa shape index (κ2) is 11.0. The Morgan fingerprint density at radius 1 is 1.06 bits per heavy atom. The molecule has 170 valence electrons. The second-order valence-corrected chi connectivity index (χ2v) is 8.65. The van der Waals surface area contributed by atoms with Gasteiger partial charge >= 0.3 is 0 Å². The van der Waals surface area contributed by atoms with Gasteiger partial charge in [0.1, 0.15) is 5.69 Å². The fourth-order valence-corrected chi connectivity index (χ4v) is 4.51. The van der Waals surface area contributed by atoms with Crippen molar-refractivity contribution in [2.24, 2.45) is 0 Å². The highest BCUT2D eigenvalue weighted by Crippen LogP contribution is 2.31. The second-order valence-electron chi connectivity index (χ2n) is 6.71. The van der Waals surface area contributed by atoms with Crippen molar-refractivity contribution >= 4 is 21.4 Å². The standard InChI is InChI=1S/C21H29N3O6S/c1-5-12-30-20-11-8-16(13-21(20)29-4)15-22-18-10-9-17(14-19(18)24(25)26)31(27,28)23(6-2)7-3/h8-11,13-14,22H,5-7,12,15H2,1-4H3. The maximum atomic E-state index is 12.7. The number of nitro benzene ring substituents is 1. The van der Waals surface area contributed by atoms with Gasteiger partial charge in [-0.25, -0.2) is 8.42 Å². The maximum absolute atomic E-state index is 12.7. The molecule has 0 amide bonds. The van der Waals surface area contributed by atoms with Gasteiger partial charge in [-0.3, -0.25) is 10.1 Å². The Kier molecular flexibility index (Phi) is 8.64. The Bertz CT molecular complexity index is 1010. The summed E-state index contributed by atoms with van der Waals surface area (Å²) in [6, 6.07) is 9.32. The van der Waals surface area contributed by atoms with Crippen LogP contribution in [0.5, 0.6) is 11.5 Å². The summed E-state index contributed by atoms with van der Waals surface area (Å²) in [4.78, 5) is 10.9.